The Morgan fingerprint density at radius 3 is 2.41 bits per heavy atom. The molecule has 0 aliphatic heterocycles. The number of benzene rings is 1. The number of nitrogens with zero attached hydrogens (tertiary/aromatic N) is 2. The fraction of sp³-hybridized carbons (Fsp3) is 0.200. The molecule has 7 heteroatoms. The minimum atomic E-state index is -0.799. The lowest BCUT2D eigenvalue weighted by molar-refractivity contribution is 0.508. The average Bonchev–Trinajstić information content (AvgIpc) is 3.15. The van der Waals surface area contributed by atoms with Crippen LogP contribution in [0.25, 0.3) is 21.8 Å². The minimum absolute atomic E-state index is 0.572. The number of hydrogen-bond acceptors (Lipinski definition) is 5. The van der Waals surface area contributed by atoms with Crippen molar-refractivity contribution in [2.45, 2.75) is 25.8 Å². The Hall–Kier alpha value is -2.80. The number of nitrogens with one attached hydrogen (secondary N) is 1. The molecule has 3 aromatic heterocycles. The van der Waals surface area contributed by atoms with E-state index in [1.165, 1.54) is 29.9 Å². The molecule has 1 aromatic carbocycles. The molecular formula is C20H17F2N3OS. The highest BCUT2D eigenvalue weighted by atomic mass is 32.1. The topological polar surface area (TPSA) is 51.0 Å². The molecular weight excluding hydrogens is 368 g/mol. The number of hydrogen-bond donors (Lipinski definition) is 1. The second-order valence-corrected chi connectivity index (χ2v) is 7.52. The smallest absolute Gasteiger partial charge is 0.199 e. The Bertz CT molecular complexity index is 1040. The van der Waals surface area contributed by atoms with E-state index in [2.05, 4.69) is 28.3 Å². The van der Waals surface area contributed by atoms with Crippen LogP contribution in [0.15, 0.2) is 53.1 Å². The lowest BCUT2D eigenvalue weighted by Crippen LogP contribution is -2.04. The third kappa shape index (κ3) is 4.14. The van der Waals surface area contributed by atoms with Crippen LogP contribution in [0.1, 0.15) is 17.7 Å². The maximum atomic E-state index is 11.9. The number of furan rings is 1. The van der Waals surface area contributed by atoms with Crippen LogP contribution in [-0.2, 0) is 0 Å². The summed E-state index contributed by atoms with van der Waals surface area (Å²) in [6, 6.07) is 11.5. The van der Waals surface area contributed by atoms with E-state index in [1.54, 1.807) is 17.6 Å². The van der Waals surface area contributed by atoms with Crippen LogP contribution in [-0.4, -0.2) is 16.0 Å². The Kier molecular flexibility index (Phi) is 4.85. The molecule has 3 heterocycles. The lowest BCUT2D eigenvalue weighted by Gasteiger charge is -2.06. The zero-order chi connectivity index (χ0) is 18.8. The summed E-state index contributed by atoms with van der Waals surface area (Å²) in [5.41, 5.74) is 0. The molecule has 4 aromatic rings. The number of aryl methyl sites for hydroxylation is 1. The highest BCUT2D eigenvalue weighted by Gasteiger charge is 2.23. The molecule has 0 bridgehead atoms. The summed E-state index contributed by atoms with van der Waals surface area (Å²) in [6.07, 6.45) is 4.10. The van der Waals surface area contributed by atoms with Crippen LogP contribution in [0.2, 0.25) is 0 Å². The Labute approximate surface area is 158 Å². The van der Waals surface area contributed by atoms with Crippen LogP contribution < -0.4 is 5.32 Å². The number of halogens is 2. The summed E-state index contributed by atoms with van der Waals surface area (Å²) in [4.78, 5) is 11.5. The molecule has 138 valence electrons. The van der Waals surface area contributed by atoms with Crippen molar-refractivity contribution in [3.05, 3.63) is 65.2 Å². The van der Waals surface area contributed by atoms with Gasteiger partial charge in [0.1, 0.15) is 10.6 Å². The van der Waals surface area contributed by atoms with Crippen molar-refractivity contribution in [2.75, 3.05) is 5.32 Å². The molecule has 1 saturated carbocycles. The van der Waals surface area contributed by atoms with E-state index in [4.69, 9.17) is 4.42 Å². The molecule has 0 spiro atoms. The molecule has 1 N–H and O–H groups in total. The lowest BCUT2D eigenvalue weighted by atomic mass is 10.3. The van der Waals surface area contributed by atoms with Gasteiger partial charge in [0.05, 0.1) is 11.6 Å². The monoisotopic (exact) mass is 385 g/mol. The van der Waals surface area contributed by atoms with Crippen molar-refractivity contribution in [2.24, 2.45) is 0 Å². The zero-order valence-electron chi connectivity index (χ0n) is 14.6. The van der Waals surface area contributed by atoms with Crippen molar-refractivity contribution >= 4 is 27.4 Å². The quantitative estimate of drug-likeness (QED) is 0.484. The van der Waals surface area contributed by atoms with Gasteiger partial charge in [0.15, 0.2) is 23.2 Å². The van der Waals surface area contributed by atoms with Gasteiger partial charge in [-0.25, -0.2) is 18.7 Å². The van der Waals surface area contributed by atoms with E-state index < -0.39 is 11.6 Å². The maximum Gasteiger partial charge on any atom is 0.199 e. The molecule has 5 rings (SSSR count). The number of anilines is 1. The van der Waals surface area contributed by atoms with Crippen LogP contribution in [0.4, 0.5) is 14.6 Å². The molecule has 1 fully saturated rings. The molecule has 0 amide bonds. The van der Waals surface area contributed by atoms with Crippen LogP contribution in [0, 0.1) is 18.6 Å². The van der Waals surface area contributed by atoms with Crippen LogP contribution >= 0.6 is 11.3 Å². The average molecular weight is 385 g/mol. The molecule has 0 saturated heterocycles. The van der Waals surface area contributed by atoms with Crippen molar-refractivity contribution in [3.63, 3.8) is 0 Å². The summed E-state index contributed by atoms with van der Waals surface area (Å²) in [6.45, 7) is 2.10. The SMILES string of the molecule is Cc1cc2c(NC3CC3)nc(-c3ccco3)nc2s1.Fc1ccccc1F. The largest absolute Gasteiger partial charge is 0.461 e. The highest BCUT2D eigenvalue weighted by Crippen LogP contribution is 2.33. The molecule has 0 radical (unpaired) electrons. The molecule has 0 atom stereocenters. The normalized spacial score (nSPS) is 13.3. The van der Waals surface area contributed by atoms with Crippen LogP contribution in [0.3, 0.4) is 0 Å². The minimum Gasteiger partial charge on any atom is -0.461 e. The number of fused-ring (bicyclic) bond motifs is 1. The van der Waals surface area contributed by atoms with Gasteiger partial charge in [-0.1, -0.05) is 12.1 Å². The van der Waals surface area contributed by atoms with Crippen molar-refractivity contribution in [3.8, 4) is 11.6 Å². The summed E-state index contributed by atoms with van der Waals surface area (Å²) in [5.74, 6) is 0.706. The van der Waals surface area contributed by atoms with E-state index >= 15 is 0 Å². The molecule has 1 aliphatic rings. The Morgan fingerprint density at radius 2 is 1.81 bits per heavy atom. The van der Waals surface area contributed by atoms with E-state index in [0.717, 1.165) is 28.2 Å². The molecule has 0 unspecified atom stereocenters. The summed E-state index contributed by atoms with van der Waals surface area (Å²) < 4.78 is 29.3. The first-order chi connectivity index (χ1) is 13.1. The number of aromatic nitrogens is 2. The first-order valence-electron chi connectivity index (χ1n) is 8.59. The van der Waals surface area contributed by atoms with Gasteiger partial charge in [-0.3, -0.25) is 0 Å². The first kappa shape index (κ1) is 17.6. The standard InChI is InChI=1S/C14H13N3OS.C6H4F2/c1-8-7-10-12(15-9-4-5-9)16-13(17-14(10)19-8)11-3-2-6-18-11;7-5-3-1-2-4-6(5)8/h2-3,6-7,9H,4-5H2,1H3,(H,15,16,17);1-4H. The van der Waals surface area contributed by atoms with Crippen molar-refractivity contribution in [1.82, 2.24) is 9.97 Å². The van der Waals surface area contributed by atoms with E-state index in [-0.39, 0.29) is 0 Å². The van der Waals surface area contributed by atoms with Gasteiger partial charge in [-0.05, 0) is 50.1 Å². The van der Waals surface area contributed by atoms with Crippen molar-refractivity contribution in [1.29, 1.82) is 0 Å². The molecule has 27 heavy (non-hydrogen) atoms. The van der Waals surface area contributed by atoms with E-state index in [1.807, 2.05) is 12.1 Å². The summed E-state index contributed by atoms with van der Waals surface area (Å²) in [7, 11) is 0. The van der Waals surface area contributed by atoms with E-state index in [0.29, 0.717) is 17.6 Å². The molecule has 1 aliphatic carbocycles. The van der Waals surface area contributed by atoms with Gasteiger partial charge >= 0.3 is 0 Å². The first-order valence-corrected chi connectivity index (χ1v) is 9.40. The highest BCUT2D eigenvalue weighted by molar-refractivity contribution is 7.18. The number of rotatable bonds is 3. The van der Waals surface area contributed by atoms with E-state index in [9.17, 15) is 8.78 Å². The summed E-state index contributed by atoms with van der Waals surface area (Å²) in [5, 5.41) is 4.60. The predicted octanol–water partition coefficient (Wildman–Crippen LogP) is 5.80. The second-order valence-electron chi connectivity index (χ2n) is 6.28. The maximum absolute atomic E-state index is 11.9. The van der Waals surface area contributed by atoms with Gasteiger partial charge in [-0.2, -0.15) is 0 Å². The third-order valence-corrected chi connectivity index (χ3v) is 4.94. The predicted molar refractivity (Wildman–Crippen MR) is 103 cm³/mol. The zero-order valence-corrected chi connectivity index (χ0v) is 15.4. The fourth-order valence-electron chi connectivity index (χ4n) is 2.53. The van der Waals surface area contributed by atoms with Gasteiger partial charge in [0.25, 0.3) is 0 Å². The van der Waals surface area contributed by atoms with Gasteiger partial charge in [0.2, 0.25) is 0 Å². The van der Waals surface area contributed by atoms with Gasteiger partial charge in [0, 0.05) is 10.9 Å². The van der Waals surface area contributed by atoms with Crippen LogP contribution in [0.5, 0.6) is 0 Å². The third-order valence-electron chi connectivity index (χ3n) is 4.00. The fourth-order valence-corrected chi connectivity index (χ4v) is 3.41. The Balaban J connectivity index is 0.000000190. The second kappa shape index (κ2) is 7.44. The van der Waals surface area contributed by atoms with Crippen molar-refractivity contribution < 1.29 is 13.2 Å². The van der Waals surface area contributed by atoms with Gasteiger partial charge in [-0.15, -0.1) is 11.3 Å². The summed E-state index contributed by atoms with van der Waals surface area (Å²) >= 11 is 1.69. The van der Waals surface area contributed by atoms with Gasteiger partial charge < -0.3 is 9.73 Å². The molecule has 4 nitrogen and oxygen atoms in total. The Morgan fingerprint density at radius 1 is 1.07 bits per heavy atom. The number of thiophene rings is 1.